The molecule has 1 N–H and O–H groups in total. The molecule has 186 valence electrons. The lowest BCUT2D eigenvalue weighted by molar-refractivity contribution is 0.102. The summed E-state index contributed by atoms with van der Waals surface area (Å²) >= 11 is 1.63. The molecule has 7 nitrogen and oxygen atoms in total. The van der Waals surface area contributed by atoms with Gasteiger partial charge in [0.15, 0.2) is 5.82 Å². The minimum absolute atomic E-state index is 0.152. The first-order chi connectivity index (χ1) is 17.6. The van der Waals surface area contributed by atoms with Crippen LogP contribution in [0.4, 0.5) is 11.4 Å². The summed E-state index contributed by atoms with van der Waals surface area (Å²) in [6.45, 7) is 6.34. The summed E-state index contributed by atoms with van der Waals surface area (Å²) < 4.78 is 12.1. The van der Waals surface area contributed by atoms with Gasteiger partial charge in [-0.1, -0.05) is 24.3 Å². The number of fused-ring (bicyclic) bond motifs is 1. The van der Waals surface area contributed by atoms with Gasteiger partial charge in [-0.2, -0.15) is 0 Å². The topological polar surface area (TPSA) is 76.6 Å². The first-order valence-corrected chi connectivity index (χ1v) is 12.7. The number of aryl methyl sites for hydroxylation is 1. The number of carbonyl (C=O) groups excluding carboxylic acids is 1. The van der Waals surface area contributed by atoms with Gasteiger partial charge in [0.25, 0.3) is 5.91 Å². The average molecular weight is 503 g/mol. The van der Waals surface area contributed by atoms with E-state index in [0.29, 0.717) is 29.6 Å². The van der Waals surface area contributed by atoms with E-state index >= 15 is 0 Å². The van der Waals surface area contributed by atoms with E-state index in [1.165, 1.54) is 0 Å². The van der Waals surface area contributed by atoms with Crippen molar-refractivity contribution in [2.75, 3.05) is 42.4 Å². The Morgan fingerprint density at radius 3 is 2.64 bits per heavy atom. The van der Waals surface area contributed by atoms with Crippen molar-refractivity contribution in [3.8, 4) is 11.4 Å². The van der Waals surface area contributed by atoms with Crippen molar-refractivity contribution in [3.05, 3.63) is 84.1 Å². The van der Waals surface area contributed by atoms with Crippen LogP contribution in [0.2, 0.25) is 0 Å². The number of para-hydroxylation sites is 1. The molecule has 5 rings (SSSR count). The summed E-state index contributed by atoms with van der Waals surface area (Å²) in [6.07, 6.45) is 1.83. The van der Waals surface area contributed by atoms with Crippen molar-refractivity contribution in [1.29, 1.82) is 0 Å². The molecule has 0 unspecified atom stereocenters. The Morgan fingerprint density at radius 2 is 1.92 bits per heavy atom. The van der Waals surface area contributed by atoms with Gasteiger partial charge in [0, 0.05) is 47.8 Å². The Bertz CT molecular complexity index is 1310. The molecule has 1 aromatic heterocycles. The van der Waals surface area contributed by atoms with Gasteiger partial charge in [-0.25, -0.2) is 9.97 Å². The standard InChI is InChI=1S/C25H22N4O2S.C3H8O/c1-17-6-9-20(14-22(17)24-26-15-19-4-2-3-5-23(19)28-24)27-25(30)18-7-10-21(11-8-18)29-12-13-31-16-32-29;1-3-4-2/h2-11,14-15H,12-13,16H2,1H3,(H,27,30);3H2,1-2H3. The van der Waals surface area contributed by atoms with Crippen LogP contribution < -0.4 is 9.62 Å². The number of benzene rings is 3. The number of nitrogens with one attached hydrogen (secondary N) is 1. The van der Waals surface area contributed by atoms with E-state index in [2.05, 4.69) is 19.3 Å². The molecule has 1 aliphatic heterocycles. The Balaban J connectivity index is 0.000000709. The molecule has 8 heteroatoms. The predicted molar refractivity (Wildman–Crippen MR) is 147 cm³/mol. The molecule has 0 radical (unpaired) electrons. The molecule has 0 atom stereocenters. The number of hydrogen-bond acceptors (Lipinski definition) is 7. The summed E-state index contributed by atoms with van der Waals surface area (Å²) in [4.78, 5) is 22.1. The quantitative estimate of drug-likeness (QED) is 0.338. The van der Waals surface area contributed by atoms with Crippen molar-refractivity contribution in [2.24, 2.45) is 0 Å². The van der Waals surface area contributed by atoms with Gasteiger partial charge < -0.3 is 19.1 Å². The molecule has 4 aromatic rings. The van der Waals surface area contributed by atoms with Crippen molar-refractivity contribution >= 4 is 40.1 Å². The van der Waals surface area contributed by atoms with Crippen LogP contribution in [0, 0.1) is 6.92 Å². The number of carbonyl (C=O) groups is 1. The first kappa shape index (κ1) is 25.6. The lowest BCUT2D eigenvalue weighted by atomic mass is 10.1. The second kappa shape index (κ2) is 12.5. The highest BCUT2D eigenvalue weighted by molar-refractivity contribution is 8.00. The fourth-order valence-electron chi connectivity index (χ4n) is 3.60. The van der Waals surface area contributed by atoms with E-state index in [0.717, 1.165) is 40.9 Å². The summed E-state index contributed by atoms with van der Waals surface area (Å²) in [7, 11) is 1.68. The van der Waals surface area contributed by atoms with Crippen molar-refractivity contribution in [1.82, 2.24) is 9.97 Å². The maximum absolute atomic E-state index is 12.8. The normalized spacial score (nSPS) is 13.1. The highest BCUT2D eigenvalue weighted by Crippen LogP contribution is 2.27. The summed E-state index contributed by atoms with van der Waals surface area (Å²) in [5.41, 5.74) is 5.22. The number of hydrogen-bond donors (Lipinski definition) is 1. The number of rotatable bonds is 5. The highest BCUT2D eigenvalue weighted by Gasteiger charge is 2.14. The van der Waals surface area contributed by atoms with E-state index in [1.807, 2.05) is 86.8 Å². The fraction of sp³-hybridized carbons (Fsp3) is 0.250. The van der Waals surface area contributed by atoms with Gasteiger partial charge in [-0.3, -0.25) is 4.79 Å². The zero-order valence-corrected chi connectivity index (χ0v) is 21.5. The molecule has 2 heterocycles. The predicted octanol–water partition coefficient (Wildman–Crippen LogP) is 5.95. The smallest absolute Gasteiger partial charge is 0.255 e. The van der Waals surface area contributed by atoms with Gasteiger partial charge in [0.05, 0.1) is 18.7 Å². The monoisotopic (exact) mass is 502 g/mol. The van der Waals surface area contributed by atoms with E-state index in [4.69, 9.17) is 9.72 Å². The Labute approximate surface area is 216 Å². The average Bonchev–Trinajstić information content (AvgIpc) is 2.94. The van der Waals surface area contributed by atoms with Crippen LogP contribution in [0.5, 0.6) is 0 Å². The van der Waals surface area contributed by atoms with Gasteiger partial charge in [0.2, 0.25) is 0 Å². The van der Waals surface area contributed by atoms with Crippen molar-refractivity contribution in [3.63, 3.8) is 0 Å². The lowest BCUT2D eigenvalue weighted by Crippen LogP contribution is -2.26. The van der Waals surface area contributed by atoms with Crippen LogP contribution in [0.3, 0.4) is 0 Å². The Morgan fingerprint density at radius 1 is 1.14 bits per heavy atom. The maximum Gasteiger partial charge on any atom is 0.255 e. The lowest BCUT2D eigenvalue weighted by Gasteiger charge is -2.27. The molecule has 3 aromatic carbocycles. The zero-order valence-electron chi connectivity index (χ0n) is 20.7. The molecular formula is C28H30N4O3S. The molecule has 1 fully saturated rings. The van der Waals surface area contributed by atoms with Crippen LogP contribution in [-0.2, 0) is 9.47 Å². The van der Waals surface area contributed by atoms with Crippen LogP contribution in [0.1, 0.15) is 22.8 Å². The van der Waals surface area contributed by atoms with Crippen LogP contribution in [0.25, 0.3) is 22.3 Å². The van der Waals surface area contributed by atoms with E-state index in [-0.39, 0.29) is 5.91 Å². The minimum atomic E-state index is -0.152. The molecular weight excluding hydrogens is 472 g/mol. The third kappa shape index (κ3) is 6.40. The van der Waals surface area contributed by atoms with Gasteiger partial charge in [-0.15, -0.1) is 0 Å². The maximum atomic E-state index is 12.8. The molecule has 0 bridgehead atoms. The van der Waals surface area contributed by atoms with Crippen LogP contribution in [-0.4, -0.2) is 48.7 Å². The molecule has 0 saturated carbocycles. The van der Waals surface area contributed by atoms with E-state index in [1.54, 1.807) is 19.1 Å². The number of ether oxygens (including phenoxy) is 2. The third-order valence-corrected chi connectivity index (χ3v) is 6.64. The minimum Gasteiger partial charge on any atom is -0.385 e. The number of methoxy groups -OCH3 is 1. The second-order valence-corrected chi connectivity index (χ2v) is 9.05. The zero-order chi connectivity index (χ0) is 25.3. The number of nitrogens with zero attached hydrogens (tertiary/aromatic N) is 3. The highest BCUT2D eigenvalue weighted by atomic mass is 32.2. The van der Waals surface area contributed by atoms with Gasteiger partial charge >= 0.3 is 0 Å². The summed E-state index contributed by atoms with van der Waals surface area (Å²) in [5.74, 6) is 1.14. The molecule has 36 heavy (non-hydrogen) atoms. The number of anilines is 2. The van der Waals surface area contributed by atoms with Crippen LogP contribution in [0.15, 0.2) is 72.9 Å². The molecule has 1 saturated heterocycles. The Hall–Kier alpha value is -3.46. The SMILES string of the molecule is CCOC.Cc1ccc(NC(=O)c2ccc(N3CCOCS3)cc2)cc1-c1ncc2ccccc2n1. The third-order valence-electron chi connectivity index (χ3n) is 5.66. The largest absolute Gasteiger partial charge is 0.385 e. The van der Waals surface area contributed by atoms with E-state index in [9.17, 15) is 4.79 Å². The molecule has 0 aliphatic carbocycles. The molecule has 0 spiro atoms. The molecule has 1 amide bonds. The van der Waals surface area contributed by atoms with E-state index < -0.39 is 0 Å². The summed E-state index contributed by atoms with van der Waals surface area (Å²) in [5, 5.41) is 4.00. The Kier molecular flexibility index (Phi) is 8.89. The van der Waals surface area contributed by atoms with Crippen molar-refractivity contribution in [2.45, 2.75) is 13.8 Å². The fourth-order valence-corrected chi connectivity index (χ4v) is 4.39. The van der Waals surface area contributed by atoms with Gasteiger partial charge in [-0.05, 0) is 73.8 Å². The number of amides is 1. The number of aromatic nitrogens is 2. The second-order valence-electron chi connectivity index (χ2n) is 8.12. The van der Waals surface area contributed by atoms with Crippen molar-refractivity contribution < 1.29 is 14.3 Å². The summed E-state index contributed by atoms with van der Waals surface area (Å²) in [6, 6.07) is 21.3. The molecule has 1 aliphatic rings. The first-order valence-electron chi connectivity index (χ1n) is 11.8. The van der Waals surface area contributed by atoms with Crippen LogP contribution >= 0.6 is 11.9 Å². The van der Waals surface area contributed by atoms with Gasteiger partial charge in [0.1, 0.15) is 5.94 Å².